The Bertz CT molecular complexity index is 371. The Hall–Kier alpha value is -1.29. The summed E-state index contributed by atoms with van der Waals surface area (Å²) in [5.41, 5.74) is 2.80. The van der Waals surface area contributed by atoms with Crippen molar-refractivity contribution < 1.29 is 0 Å². The van der Waals surface area contributed by atoms with Crippen LogP contribution in [-0.4, -0.2) is 37.7 Å². The molecule has 1 aromatic rings. The summed E-state index contributed by atoms with van der Waals surface area (Å²) < 4.78 is 0. The number of pyridine rings is 1. The molecule has 0 amide bonds. The second-order valence-corrected chi connectivity index (χ2v) is 4.42. The summed E-state index contributed by atoms with van der Waals surface area (Å²) in [6.45, 7) is 5.45. The van der Waals surface area contributed by atoms with Gasteiger partial charge in [0.25, 0.3) is 0 Å². The number of nitrogens with one attached hydrogen (secondary N) is 2. The number of rotatable bonds is 1. The molecular weight excluding hydrogens is 200 g/mol. The Labute approximate surface area is 96.1 Å². The van der Waals surface area contributed by atoms with Gasteiger partial charge in [-0.2, -0.15) is 0 Å². The normalized spacial score (nSPS) is 20.1. The Balaban J connectivity index is 1.93. The topological polar surface area (TPSA) is 40.2 Å². The summed E-state index contributed by atoms with van der Waals surface area (Å²) in [7, 11) is 0. The first-order chi connectivity index (χ1) is 7.95. The first-order valence-corrected chi connectivity index (χ1v) is 6.12. The third-order valence-corrected chi connectivity index (χ3v) is 3.38. The molecule has 0 aliphatic carbocycles. The van der Waals surface area contributed by atoms with Crippen molar-refractivity contribution in [1.29, 1.82) is 0 Å². The molecule has 4 nitrogen and oxygen atoms in total. The van der Waals surface area contributed by atoms with Gasteiger partial charge in [-0.25, -0.2) is 4.98 Å². The number of anilines is 2. The molecule has 0 aromatic carbocycles. The lowest BCUT2D eigenvalue weighted by atomic mass is 10.0. The van der Waals surface area contributed by atoms with Gasteiger partial charge in [0.15, 0.2) is 0 Å². The Morgan fingerprint density at radius 3 is 2.94 bits per heavy atom. The van der Waals surface area contributed by atoms with Gasteiger partial charge in [0.1, 0.15) is 5.82 Å². The predicted octanol–water partition coefficient (Wildman–Crippen LogP) is 0.849. The summed E-state index contributed by atoms with van der Waals surface area (Å²) in [6, 6.07) is 2.16. The highest BCUT2D eigenvalue weighted by Crippen LogP contribution is 2.29. The highest BCUT2D eigenvalue weighted by atomic mass is 15.2. The third kappa shape index (κ3) is 1.73. The predicted molar refractivity (Wildman–Crippen MR) is 66.1 cm³/mol. The van der Waals surface area contributed by atoms with E-state index in [0.717, 1.165) is 45.0 Å². The number of hydrogen-bond acceptors (Lipinski definition) is 4. The summed E-state index contributed by atoms with van der Waals surface area (Å²) in [5.74, 6) is 1.10. The van der Waals surface area contributed by atoms with Crippen molar-refractivity contribution in [2.45, 2.75) is 12.8 Å². The van der Waals surface area contributed by atoms with E-state index in [1.807, 2.05) is 6.20 Å². The van der Waals surface area contributed by atoms with Gasteiger partial charge < -0.3 is 15.5 Å². The van der Waals surface area contributed by atoms with E-state index in [1.165, 1.54) is 17.7 Å². The smallest absolute Gasteiger partial charge is 0.131 e. The molecular formula is C12H18N4. The summed E-state index contributed by atoms with van der Waals surface area (Å²) in [4.78, 5) is 6.90. The van der Waals surface area contributed by atoms with Gasteiger partial charge in [-0.3, -0.25) is 0 Å². The van der Waals surface area contributed by atoms with Gasteiger partial charge >= 0.3 is 0 Å². The van der Waals surface area contributed by atoms with E-state index in [9.17, 15) is 0 Å². The molecule has 1 aromatic heterocycles. The third-order valence-electron chi connectivity index (χ3n) is 3.38. The minimum atomic E-state index is 1.06. The lowest BCUT2D eigenvalue weighted by Gasteiger charge is -2.32. The molecule has 3 heterocycles. The fraction of sp³-hybridized carbons (Fsp3) is 0.583. The highest BCUT2D eigenvalue weighted by Gasteiger charge is 2.18. The van der Waals surface area contributed by atoms with E-state index in [2.05, 4.69) is 26.6 Å². The van der Waals surface area contributed by atoms with Crippen LogP contribution in [0.5, 0.6) is 0 Å². The van der Waals surface area contributed by atoms with Gasteiger partial charge in [-0.15, -0.1) is 0 Å². The SMILES string of the molecule is c1cc(N2CCNCC2)c2c(n1)NCCC2. The lowest BCUT2D eigenvalue weighted by molar-refractivity contribution is 0.586. The summed E-state index contributed by atoms with van der Waals surface area (Å²) in [5, 5.41) is 6.78. The van der Waals surface area contributed by atoms with Crippen LogP contribution in [0.25, 0.3) is 0 Å². The molecule has 0 spiro atoms. The van der Waals surface area contributed by atoms with Crippen LogP contribution in [0.3, 0.4) is 0 Å². The number of nitrogens with zero attached hydrogens (tertiary/aromatic N) is 2. The van der Waals surface area contributed by atoms with Crippen molar-refractivity contribution in [2.24, 2.45) is 0 Å². The monoisotopic (exact) mass is 218 g/mol. The Morgan fingerprint density at radius 2 is 2.06 bits per heavy atom. The second kappa shape index (κ2) is 4.29. The standard InChI is InChI=1S/C12H18N4/c1-2-10-11(16-8-6-13-7-9-16)3-5-15-12(10)14-4-1/h3,5,13H,1-2,4,6-9H2,(H,14,15). The van der Waals surface area contributed by atoms with Crippen molar-refractivity contribution in [1.82, 2.24) is 10.3 Å². The average Bonchev–Trinajstić information content (AvgIpc) is 2.39. The van der Waals surface area contributed by atoms with Gasteiger partial charge in [-0.05, 0) is 18.9 Å². The van der Waals surface area contributed by atoms with E-state index in [1.54, 1.807) is 0 Å². The minimum Gasteiger partial charge on any atom is -0.370 e. The number of hydrogen-bond donors (Lipinski definition) is 2. The molecule has 2 aliphatic heterocycles. The fourth-order valence-corrected chi connectivity index (χ4v) is 2.55. The molecule has 1 saturated heterocycles. The van der Waals surface area contributed by atoms with E-state index in [0.29, 0.717) is 0 Å². The average molecular weight is 218 g/mol. The van der Waals surface area contributed by atoms with Gasteiger partial charge in [-0.1, -0.05) is 0 Å². The fourth-order valence-electron chi connectivity index (χ4n) is 2.55. The van der Waals surface area contributed by atoms with Crippen molar-refractivity contribution in [2.75, 3.05) is 42.9 Å². The largest absolute Gasteiger partial charge is 0.370 e. The summed E-state index contributed by atoms with van der Waals surface area (Å²) in [6.07, 6.45) is 4.31. The molecule has 0 atom stereocenters. The molecule has 0 bridgehead atoms. The van der Waals surface area contributed by atoms with Crippen molar-refractivity contribution in [3.63, 3.8) is 0 Å². The molecule has 1 fully saturated rings. The number of fused-ring (bicyclic) bond motifs is 1. The maximum absolute atomic E-state index is 4.42. The van der Waals surface area contributed by atoms with E-state index in [4.69, 9.17) is 0 Å². The van der Waals surface area contributed by atoms with Crippen LogP contribution in [-0.2, 0) is 6.42 Å². The molecule has 0 unspecified atom stereocenters. The molecule has 4 heteroatoms. The second-order valence-electron chi connectivity index (χ2n) is 4.42. The van der Waals surface area contributed by atoms with Crippen LogP contribution in [0, 0.1) is 0 Å². The highest BCUT2D eigenvalue weighted by molar-refractivity contribution is 5.64. The molecule has 16 heavy (non-hydrogen) atoms. The van der Waals surface area contributed by atoms with Crippen molar-refractivity contribution in [3.05, 3.63) is 17.8 Å². The number of aromatic nitrogens is 1. The first-order valence-electron chi connectivity index (χ1n) is 6.12. The molecule has 0 radical (unpaired) electrons. The van der Waals surface area contributed by atoms with Crippen LogP contribution < -0.4 is 15.5 Å². The quantitative estimate of drug-likeness (QED) is 0.733. The molecule has 2 aliphatic rings. The van der Waals surface area contributed by atoms with E-state index >= 15 is 0 Å². The van der Waals surface area contributed by atoms with E-state index in [-0.39, 0.29) is 0 Å². The van der Waals surface area contributed by atoms with E-state index < -0.39 is 0 Å². The molecule has 2 N–H and O–H groups in total. The van der Waals surface area contributed by atoms with Crippen molar-refractivity contribution >= 4 is 11.5 Å². The van der Waals surface area contributed by atoms with Gasteiger partial charge in [0.05, 0.1) is 0 Å². The zero-order chi connectivity index (χ0) is 10.8. The zero-order valence-electron chi connectivity index (χ0n) is 9.50. The van der Waals surface area contributed by atoms with Gasteiger partial charge in [0.2, 0.25) is 0 Å². The van der Waals surface area contributed by atoms with Crippen LogP contribution >= 0.6 is 0 Å². The lowest BCUT2D eigenvalue weighted by Crippen LogP contribution is -2.44. The minimum absolute atomic E-state index is 1.06. The zero-order valence-corrected chi connectivity index (χ0v) is 9.50. The number of piperazine rings is 1. The van der Waals surface area contributed by atoms with Crippen LogP contribution in [0.15, 0.2) is 12.3 Å². The maximum atomic E-state index is 4.42. The maximum Gasteiger partial charge on any atom is 0.131 e. The summed E-state index contributed by atoms with van der Waals surface area (Å²) >= 11 is 0. The molecule has 3 rings (SSSR count). The van der Waals surface area contributed by atoms with Crippen LogP contribution in [0.4, 0.5) is 11.5 Å². The first kappa shape index (κ1) is 9.90. The molecule has 86 valence electrons. The van der Waals surface area contributed by atoms with Crippen molar-refractivity contribution in [3.8, 4) is 0 Å². The van der Waals surface area contributed by atoms with Crippen LogP contribution in [0.2, 0.25) is 0 Å². The Kier molecular flexibility index (Phi) is 2.66. The Morgan fingerprint density at radius 1 is 1.19 bits per heavy atom. The molecule has 0 saturated carbocycles. The van der Waals surface area contributed by atoms with Crippen LogP contribution in [0.1, 0.15) is 12.0 Å². The van der Waals surface area contributed by atoms with Gasteiger partial charge in [0, 0.05) is 50.2 Å².